The van der Waals surface area contributed by atoms with Gasteiger partial charge in [-0.05, 0) is 11.6 Å². The van der Waals surface area contributed by atoms with Crippen LogP contribution in [0.25, 0.3) is 0 Å². The lowest BCUT2D eigenvalue weighted by atomic mass is 10.2. The third-order valence-electron chi connectivity index (χ3n) is 2.02. The second-order valence-electron chi connectivity index (χ2n) is 3.20. The highest BCUT2D eigenvalue weighted by atomic mass is 79.9. The molecule has 0 aliphatic heterocycles. The molecule has 0 spiro atoms. The molecule has 0 saturated carbocycles. The Bertz CT molecular complexity index is 409. The third-order valence-corrected chi connectivity index (χ3v) is 2.79. The second-order valence-corrected chi connectivity index (χ2v) is 4.06. The van der Waals surface area contributed by atoms with E-state index in [9.17, 15) is 9.59 Å². The average Bonchev–Trinajstić information content (AvgIpc) is 2.35. The molecule has 5 nitrogen and oxygen atoms in total. The van der Waals surface area contributed by atoms with Crippen LogP contribution in [0, 0.1) is 0 Å². The molecule has 92 valence electrons. The van der Waals surface area contributed by atoms with Gasteiger partial charge < -0.3 is 15.4 Å². The van der Waals surface area contributed by atoms with Crippen LogP contribution in [0.3, 0.4) is 0 Å². The molecular weight excluding hydrogens is 288 g/mol. The third kappa shape index (κ3) is 4.86. The van der Waals surface area contributed by atoms with Gasteiger partial charge in [0.1, 0.15) is 6.54 Å². The minimum Gasteiger partial charge on any atom is -0.468 e. The van der Waals surface area contributed by atoms with Crippen molar-refractivity contribution in [3.05, 3.63) is 34.3 Å². The lowest BCUT2D eigenvalue weighted by Crippen LogP contribution is -2.38. The Morgan fingerprint density at radius 3 is 2.65 bits per heavy atom. The molecule has 0 aliphatic rings. The Kier molecular flexibility index (Phi) is 5.48. The Balaban J connectivity index is 2.34. The molecule has 0 bridgehead atoms. The summed E-state index contributed by atoms with van der Waals surface area (Å²) < 4.78 is 5.32. The van der Waals surface area contributed by atoms with Crippen molar-refractivity contribution < 1.29 is 14.3 Å². The quantitative estimate of drug-likeness (QED) is 0.827. The summed E-state index contributed by atoms with van der Waals surface area (Å²) in [6.45, 7) is 0.243. The van der Waals surface area contributed by atoms with Gasteiger partial charge in [0.2, 0.25) is 0 Å². The molecule has 0 heterocycles. The fraction of sp³-hybridized carbons (Fsp3) is 0.273. The van der Waals surface area contributed by atoms with Gasteiger partial charge in [-0.2, -0.15) is 0 Å². The summed E-state index contributed by atoms with van der Waals surface area (Å²) >= 11 is 3.37. The van der Waals surface area contributed by atoms with Crippen molar-refractivity contribution in [2.24, 2.45) is 0 Å². The monoisotopic (exact) mass is 300 g/mol. The van der Waals surface area contributed by atoms with Gasteiger partial charge in [-0.25, -0.2) is 4.79 Å². The summed E-state index contributed by atoms with van der Waals surface area (Å²) in [5.41, 5.74) is 0.959. The van der Waals surface area contributed by atoms with Crippen LogP contribution in [0.4, 0.5) is 4.79 Å². The molecule has 0 aliphatic carbocycles. The number of carbonyl (C=O) groups is 2. The van der Waals surface area contributed by atoms with E-state index in [1.54, 1.807) is 0 Å². The van der Waals surface area contributed by atoms with Crippen LogP contribution in [-0.4, -0.2) is 25.7 Å². The SMILES string of the molecule is COC(=O)CNC(=O)NCc1ccccc1Br. The van der Waals surface area contributed by atoms with E-state index in [1.807, 2.05) is 24.3 Å². The van der Waals surface area contributed by atoms with Crippen molar-refractivity contribution in [1.82, 2.24) is 10.6 Å². The Morgan fingerprint density at radius 1 is 1.29 bits per heavy atom. The van der Waals surface area contributed by atoms with Crippen molar-refractivity contribution in [2.45, 2.75) is 6.54 Å². The van der Waals surface area contributed by atoms with E-state index in [0.29, 0.717) is 6.54 Å². The molecule has 0 saturated heterocycles. The van der Waals surface area contributed by atoms with Gasteiger partial charge in [0.05, 0.1) is 7.11 Å². The molecule has 1 aromatic rings. The Hall–Kier alpha value is -1.56. The summed E-state index contributed by atoms with van der Waals surface area (Å²) in [4.78, 5) is 22.1. The van der Waals surface area contributed by atoms with Crippen molar-refractivity contribution in [3.8, 4) is 0 Å². The van der Waals surface area contributed by atoms with Gasteiger partial charge in [0.15, 0.2) is 0 Å². The van der Waals surface area contributed by atoms with Gasteiger partial charge in [-0.15, -0.1) is 0 Å². The van der Waals surface area contributed by atoms with Crippen molar-refractivity contribution in [3.63, 3.8) is 0 Å². The molecule has 2 N–H and O–H groups in total. The fourth-order valence-corrected chi connectivity index (χ4v) is 1.53. The fourth-order valence-electron chi connectivity index (χ4n) is 1.10. The number of carbonyl (C=O) groups excluding carboxylic acids is 2. The highest BCUT2D eigenvalue weighted by Gasteiger charge is 2.05. The van der Waals surface area contributed by atoms with E-state index in [2.05, 4.69) is 31.3 Å². The van der Waals surface area contributed by atoms with E-state index in [1.165, 1.54) is 7.11 Å². The molecule has 0 aromatic heterocycles. The van der Waals surface area contributed by atoms with Gasteiger partial charge in [-0.1, -0.05) is 34.1 Å². The average molecular weight is 301 g/mol. The predicted molar refractivity (Wildman–Crippen MR) is 66.4 cm³/mol. The first-order valence-corrected chi connectivity index (χ1v) is 5.74. The summed E-state index contributed by atoms with van der Waals surface area (Å²) in [5, 5.41) is 5.01. The van der Waals surface area contributed by atoms with Crippen LogP contribution in [0.5, 0.6) is 0 Å². The summed E-state index contributed by atoms with van der Waals surface area (Å²) in [6, 6.07) is 7.15. The van der Waals surface area contributed by atoms with Crippen LogP contribution >= 0.6 is 15.9 Å². The Labute approximate surface area is 108 Å². The molecule has 6 heteroatoms. The maximum Gasteiger partial charge on any atom is 0.325 e. The highest BCUT2D eigenvalue weighted by molar-refractivity contribution is 9.10. The lowest BCUT2D eigenvalue weighted by molar-refractivity contribution is -0.139. The maximum atomic E-state index is 11.3. The van der Waals surface area contributed by atoms with Gasteiger partial charge in [0, 0.05) is 11.0 Å². The number of hydrogen-bond acceptors (Lipinski definition) is 3. The van der Waals surface area contributed by atoms with E-state index >= 15 is 0 Å². The minimum atomic E-state index is -0.485. The Morgan fingerprint density at radius 2 is 2.00 bits per heavy atom. The second kappa shape index (κ2) is 6.90. The number of nitrogens with one attached hydrogen (secondary N) is 2. The maximum absolute atomic E-state index is 11.3. The number of ether oxygens (including phenoxy) is 1. The molecule has 1 aromatic carbocycles. The first-order valence-electron chi connectivity index (χ1n) is 4.95. The number of amides is 2. The topological polar surface area (TPSA) is 67.4 Å². The summed E-state index contributed by atoms with van der Waals surface area (Å²) in [7, 11) is 1.27. The van der Waals surface area contributed by atoms with Crippen molar-refractivity contribution >= 4 is 27.9 Å². The number of urea groups is 1. The molecule has 0 unspecified atom stereocenters. The van der Waals surface area contributed by atoms with Crippen LogP contribution in [0.1, 0.15) is 5.56 Å². The largest absolute Gasteiger partial charge is 0.468 e. The number of hydrogen-bond donors (Lipinski definition) is 2. The molecule has 0 fully saturated rings. The molecule has 0 atom stereocenters. The van der Waals surface area contributed by atoms with Crippen molar-refractivity contribution in [2.75, 3.05) is 13.7 Å². The zero-order valence-corrected chi connectivity index (χ0v) is 10.9. The molecule has 0 radical (unpaired) electrons. The van der Waals surface area contributed by atoms with E-state index in [0.717, 1.165) is 10.0 Å². The van der Waals surface area contributed by atoms with Gasteiger partial charge in [0.25, 0.3) is 0 Å². The first-order chi connectivity index (χ1) is 8.13. The summed E-state index contributed by atoms with van der Waals surface area (Å²) in [6.07, 6.45) is 0. The number of esters is 1. The van der Waals surface area contributed by atoms with Crippen LogP contribution < -0.4 is 10.6 Å². The number of methoxy groups -OCH3 is 1. The van der Waals surface area contributed by atoms with Gasteiger partial charge in [-0.3, -0.25) is 4.79 Å². The zero-order chi connectivity index (χ0) is 12.7. The molecule has 17 heavy (non-hydrogen) atoms. The normalized spacial score (nSPS) is 9.53. The molecule has 1 rings (SSSR count). The molecule has 2 amide bonds. The lowest BCUT2D eigenvalue weighted by Gasteiger charge is -2.07. The highest BCUT2D eigenvalue weighted by Crippen LogP contribution is 2.14. The van der Waals surface area contributed by atoms with E-state index in [4.69, 9.17) is 0 Å². The summed E-state index contributed by atoms with van der Waals surface area (Å²) in [5.74, 6) is -0.485. The predicted octanol–water partition coefficient (Wildman–Crippen LogP) is 1.42. The van der Waals surface area contributed by atoms with Crippen LogP contribution in [0.2, 0.25) is 0 Å². The first kappa shape index (κ1) is 13.5. The van der Waals surface area contributed by atoms with Gasteiger partial charge >= 0.3 is 12.0 Å². The number of rotatable bonds is 4. The van der Waals surface area contributed by atoms with Crippen LogP contribution in [0.15, 0.2) is 28.7 Å². The smallest absolute Gasteiger partial charge is 0.325 e. The van der Waals surface area contributed by atoms with E-state index < -0.39 is 12.0 Å². The van der Waals surface area contributed by atoms with Crippen LogP contribution in [-0.2, 0) is 16.1 Å². The van der Waals surface area contributed by atoms with Crippen molar-refractivity contribution in [1.29, 1.82) is 0 Å². The minimum absolute atomic E-state index is 0.141. The zero-order valence-electron chi connectivity index (χ0n) is 9.33. The molecular formula is C11H13BrN2O3. The number of halogens is 1. The van der Waals surface area contributed by atoms with E-state index in [-0.39, 0.29) is 6.54 Å². The number of benzene rings is 1. The standard InChI is InChI=1S/C11H13BrN2O3/c1-17-10(15)7-14-11(16)13-6-8-4-2-3-5-9(8)12/h2-5H,6-7H2,1H3,(H2,13,14,16).